The van der Waals surface area contributed by atoms with E-state index in [9.17, 15) is 19.5 Å². The van der Waals surface area contributed by atoms with Crippen LogP contribution in [0.2, 0.25) is 0 Å². The molecule has 0 radical (unpaired) electrons. The summed E-state index contributed by atoms with van der Waals surface area (Å²) in [7, 11) is 0. The fraction of sp³-hybridized carbons (Fsp3) is 0.406. The summed E-state index contributed by atoms with van der Waals surface area (Å²) in [6.07, 6.45) is 0.0535. The lowest BCUT2D eigenvalue weighted by atomic mass is 9.99. The molecule has 2 aromatic carbocycles. The van der Waals surface area contributed by atoms with Gasteiger partial charge in [-0.3, -0.25) is 14.4 Å². The van der Waals surface area contributed by atoms with Crippen molar-refractivity contribution in [1.29, 1.82) is 0 Å². The quantitative estimate of drug-likeness (QED) is 0.410. The smallest absolute Gasteiger partial charge is 0.255 e. The second-order valence-electron chi connectivity index (χ2n) is 11.2. The number of benzene rings is 2. The van der Waals surface area contributed by atoms with Crippen molar-refractivity contribution in [2.24, 2.45) is 5.92 Å². The standard InChI is InChI=1S/C32H37N3O4S/c1-5-26(21-10-12-22(13-11-21)29-20(4)14-15-40-29)33-30(37)27-16-24(36)18-34(27)32(39)28(19(2)3)35-17-23-8-6-7-9-25(23)31(35)38/h6-15,19,24,26-28,36H,5,16-18H2,1-4H3,(H,33,37)/t24-,26+,27?,28+/m1/s1. The van der Waals surface area contributed by atoms with Gasteiger partial charge in [-0.1, -0.05) is 63.2 Å². The fourth-order valence-electron chi connectivity index (χ4n) is 5.98. The number of β-amino-alcohol motifs (C(OH)–C–C–N with tert-alkyl or cyclic N) is 1. The van der Waals surface area contributed by atoms with Gasteiger partial charge in [-0.05, 0) is 59.0 Å². The van der Waals surface area contributed by atoms with E-state index in [1.165, 1.54) is 15.3 Å². The predicted molar refractivity (Wildman–Crippen MR) is 157 cm³/mol. The summed E-state index contributed by atoms with van der Waals surface area (Å²) in [5.74, 6) is -0.915. The molecule has 0 bridgehead atoms. The Morgan fingerprint density at radius 1 is 1.10 bits per heavy atom. The topological polar surface area (TPSA) is 89.9 Å². The van der Waals surface area contributed by atoms with Crippen LogP contribution in [0.5, 0.6) is 0 Å². The second-order valence-corrected chi connectivity index (χ2v) is 12.1. The first kappa shape index (κ1) is 28.1. The van der Waals surface area contributed by atoms with Gasteiger partial charge in [-0.2, -0.15) is 0 Å². The molecule has 2 aliphatic heterocycles. The van der Waals surface area contributed by atoms with Gasteiger partial charge >= 0.3 is 0 Å². The summed E-state index contributed by atoms with van der Waals surface area (Å²) < 4.78 is 0. The van der Waals surface area contributed by atoms with E-state index in [1.807, 2.05) is 51.1 Å². The number of aliphatic hydroxyl groups excluding tert-OH is 1. The maximum atomic E-state index is 14.0. The lowest BCUT2D eigenvalue weighted by Crippen LogP contribution is -2.55. The third kappa shape index (κ3) is 5.30. The van der Waals surface area contributed by atoms with Gasteiger partial charge < -0.3 is 20.2 Å². The van der Waals surface area contributed by atoms with Crippen LogP contribution in [0.1, 0.15) is 66.7 Å². The van der Waals surface area contributed by atoms with Crippen LogP contribution < -0.4 is 5.32 Å². The van der Waals surface area contributed by atoms with E-state index in [-0.39, 0.29) is 42.6 Å². The summed E-state index contributed by atoms with van der Waals surface area (Å²) >= 11 is 1.71. The van der Waals surface area contributed by atoms with Crippen LogP contribution >= 0.6 is 11.3 Å². The average molecular weight is 560 g/mol. The van der Waals surface area contributed by atoms with E-state index < -0.39 is 18.2 Å². The molecule has 8 heteroatoms. The molecule has 1 saturated heterocycles. The molecule has 5 rings (SSSR count). The predicted octanol–water partition coefficient (Wildman–Crippen LogP) is 4.93. The third-order valence-electron chi connectivity index (χ3n) is 8.10. The highest BCUT2D eigenvalue weighted by Gasteiger charge is 2.46. The Bertz CT molecular complexity index is 1400. The Balaban J connectivity index is 1.32. The van der Waals surface area contributed by atoms with Gasteiger partial charge in [0.1, 0.15) is 12.1 Å². The number of aryl methyl sites for hydroxylation is 1. The number of amides is 3. The Hall–Kier alpha value is -3.49. The number of hydrogen-bond acceptors (Lipinski definition) is 5. The largest absolute Gasteiger partial charge is 0.391 e. The van der Waals surface area contributed by atoms with Gasteiger partial charge in [-0.15, -0.1) is 11.3 Å². The molecule has 1 fully saturated rings. The molecule has 1 aromatic heterocycles. The Morgan fingerprint density at radius 2 is 1.82 bits per heavy atom. The highest BCUT2D eigenvalue weighted by Crippen LogP contribution is 2.32. The number of hydrogen-bond donors (Lipinski definition) is 2. The molecule has 3 aromatic rings. The molecule has 4 atom stereocenters. The SMILES string of the molecule is CC[C@H](NC(=O)C1C[C@@H](O)CN1C(=O)[C@H](C(C)C)N1Cc2ccccc2C1=O)c1ccc(-c2sccc2C)cc1. The first-order chi connectivity index (χ1) is 19.2. The van der Waals surface area contributed by atoms with Crippen LogP contribution in [0.3, 0.4) is 0 Å². The maximum Gasteiger partial charge on any atom is 0.255 e. The lowest BCUT2D eigenvalue weighted by molar-refractivity contribution is -0.143. The van der Waals surface area contributed by atoms with Gasteiger partial charge in [0.2, 0.25) is 11.8 Å². The van der Waals surface area contributed by atoms with E-state index >= 15 is 0 Å². The summed E-state index contributed by atoms with van der Waals surface area (Å²) in [5.41, 5.74) is 4.88. The van der Waals surface area contributed by atoms with Gasteiger partial charge in [0, 0.05) is 30.0 Å². The minimum absolute atomic E-state index is 0.0702. The first-order valence-electron chi connectivity index (χ1n) is 14.0. The van der Waals surface area contributed by atoms with E-state index in [0.29, 0.717) is 18.5 Å². The molecule has 0 aliphatic carbocycles. The first-order valence-corrected chi connectivity index (χ1v) is 14.9. The van der Waals surface area contributed by atoms with E-state index in [2.05, 4.69) is 35.8 Å². The van der Waals surface area contributed by atoms with Gasteiger partial charge in [0.25, 0.3) is 5.91 Å². The molecule has 0 spiro atoms. The molecule has 210 valence electrons. The molecule has 40 heavy (non-hydrogen) atoms. The number of carbonyl (C=O) groups is 3. The van der Waals surface area contributed by atoms with Crippen LogP contribution in [-0.2, 0) is 16.1 Å². The zero-order valence-electron chi connectivity index (χ0n) is 23.5. The Morgan fingerprint density at radius 3 is 2.45 bits per heavy atom. The highest BCUT2D eigenvalue weighted by molar-refractivity contribution is 7.13. The molecular formula is C32H37N3O4S. The highest BCUT2D eigenvalue weighted by atomic mass is 32.1. The number of rotatable bonds is 8. The molecular weight excluding hydrogens is 522 g/mol. The van der Waals surface area contributed by atoms with E-state index in [1.54, 1.807) is 22.3 Å². The van der Waals surface area contributed by atoms with Crippen molar-refractivity contribution in [3.63, 3.8) is 0 Å². The van der Waals surface area contributed by atoms with E-state index in [4.69, 9.17) is 0 Å². The zero-order chi connectivity index (χ0) is 28.6. The van der Waals surface area contributed by atoms with Crippen molar-refractivity contribution in [2.75, 3.05) is 6.54 Å². The fourth-order valence-corrected chi connectivity index (χ4v) is 6.91. The van der Waals surface area contributed by atoms with Crippen molar-refractivity contribution in [1.82, 2.24) is 15.1 Å². The number of thiophene rings is 1. The lowest BCUT2D eigenvalue weighted by Gasteiger charge is -2.35. The molecule has 3 heterocycles. The van der Waals surface area contributed by atoms with Crippen molar-refractivity contribution >= 4 is 29.1 Å². The monoisotopic (exact) mass is 559 g/mol. The van der Waals surface area contributed by atoms with Crippen LogP contribution in [0.25, 0.3) is 10.4 Å². The molecule has 2 aliphatic rings. The number of carbonyl (C=O) groups excluding carboxylic acids is 3. The Kier molecular flexibility index (Phi) is 8.10. The summed E-state index contributed by atoms with van der Waals surface area (Å²) in [6, 6.07) is 16.0. The van der Waals surface area contributed by atoms with Gasteiger partial charge in [0.15, 0.2) is 0 Å². The number of nitrogens with one attached hydrogen (secondary N) is 1. The van der Waals surface area contributed by atoms with Crippen LogP contribution in [0.4, 0.5) is 0 Å². The molecule has 7 nitrogen and oxygen atoms in total. The van der Waals surface area contributed by atoms with Crippen molar-refractivity contribution in [3.8, 4) is 10.4 Å². The minimum atomic E-state index is -0.800. The van der Waals surface area contributed by atoms with Crippen LogP contribution in [-0.4, -0.2) is 57.4 Å². The van der Waals surface area contributed by atoms with Crippen molar-refractivity contribution < 1.29 is 19.5 Å². The molecule has 2 N–H and O–H groups in total. The molecule has 0 saturated carbocycles. The zero-order valence-corrected chi connectivity index (χ0v) is 24.3. The number of nitrogens with zero attached hydrogens (tertiary/aromatic N) is 2. The summed E-state index contributed by atoms with van der Waals surface area (Å²) in [6.45, 7) is 8.36. The Labute approximate surface area is 239 Å². The number of likely N-dealkylation sites (tertiary alicyclic amines) is 1. The van der Waals surface area contributed by atoms with Gasteiger partial charge in [-0.25, -0.2) is 0 Å². The van der Waals surface area contributed by atoms with Crippen molar-refractivity contribution in [2.45, 2.75) is 71.3 Å². The van der Waals surface area contributed by atoms with Crippen LogP contribution in [0.15, 0.2) is 60.0 Å². The number of aliphatic hydroxyl groups is 1. The third-order valence-corrected chi connectivity index (χ3v) is 9.16. The summed E-state index contributed by atoms with van der Waals surface area (Å²) in [4.78, 5) is 45.1. The molecule has 3 amide bonds. The normalized spacial score (nSPS) is 20.1. The van der Waals surface area contributed by atoms with E-state index in [0.717, 1.165) is 16.7 Å². The van der Waals surface area contributed by atoms with Crippen LogP contribution in [0, 0.1) is 12.8 Å². The number of fused-ring (bicyclic) bond motifs is 1. The van der Waals surface area contributed by atoms with Crippen molar-refractivity contribution in [3.05, 3.63) is 82.2 Å². The summed E-state index contributed by atoms with van der Waals surface area (Å²) in [5, 5.41) is 15.8. The second kappa shape index (κ2) is 11.6. The average Bonchev–Trinajstić information content (AvgIpc) is 3.64. The maximum absolute atomic E-state index is 14.0. The minimum Gasteiger partial charge on any atom is -0.391 e. The molecule has 1 unspecified atom stereocenters. The van der Waals surface area contributed by atoms with Gasteiger partial charge in [0.05, 0.1) is 12.1 Å².